The Kier molecular flexibility index (Phi) is 4.96. The van der Waals surface area contributed by atoms with Crippen LogP contribution in [0.1, 0.15) is 60.8 Å². The van der Waals surface area contributed by atoms with Crippen molar-refractivity contribution in [2.24, 2.45) is 5.92 Å². The van der Waals surface area contributed by atoms with Crippen LogP contribution in [0.25, 0.3) is 0 Å². The van der Waals surface area contributed by atoms with Crippen LogP contribution in [0, 0.1) is 5.92 Å². The average molecular weight is 356 g/mol. The fourth-order valence-electron chi connectivity index (χ4n) is 2.88. The third kappa shape index (κ3) is 4.20. The highest BCUT2D eigenvalue weighted by Crippen LogP contribution is 2.45. The number of likely N-dealkylation sites (tertiary alicyclic amines) is 1. The van der Waals surface area contributed by atoms with Gasteiger partial charge in [-0.3, -0.25) is 4.79 Å². The van der Waals surface area contributed by atoms with Gasteiger partial charge >= 0.3 is 6.09 Å². The number of rotatable bonds is 3. The molecule has 5 nitrogen and oxygen atoms in total. The van der Waals surface area contributed by atoms with Gasteiger partial charge in [0.15, 0.2) is 8.32 Å². The van der Waals surface area contributed by atoms with E-state index in [9.17, 15) is 9.59 Å². The Balaban J connectivity index is 2.20. The van der Waals surface area contributed by atoms with Crippen molar-refractivity contribution in [3.8, 4) is 0 Å². The minimum absolute atomic E-state index is 0.0729. The quantitative estimate of drug-likeness (QED) is 0.707. The molecule has 2 rings (SSSR count). The molecule has 2 fully saturated rings. The monoisotopic (exact) mass is 355 g/mol. The average Bonchev–Trinajstić information content (AvgIpc) is 3.10. The normalized spacial score (nSPS) is 26.0. The molecule has 2 atom stereocenters. The van der Waals surface area contributed by atoms with Gasteiger partial charge in [-0.15, -0.1) is 0 Å². The molecule has 0 unspecified atom stereocenters. The van der Waals surface area contributed by atoms with E-state index in [1.165, 1.54) is 4.90 Å². The second-order valence-electron chi connectivity index (χ2n) is 9.69. The van der Waals surface area contributed by atoms with Crippen molar-refractivity contribution in [2.75, 3.05) is 0 Å². The van der Waals surface area contributed by atoms with E-state index in [1.54, 1.807) is 0 Å². The molecule has 1 saturated heterocycles. The van der Waals surface area contributed by atoms with Gasteiger partial charge in [0.25, 0.3) is 0 Å². The maximum Gasteiger partial charge on any atom is 0.417 e. The molecule has 1 aliphatic heterocycles. The van der Waals surface area contributed by atoms with E-state index < -0.39 is 20.0 Å². The lowest BCUT2D eigenvalue weighted by atomic mass is 10.1. The summed E-state index contributed by atoms with van der Waals surface area (Å²) in [7, 11) is -2.00. The number of amides is 2. The van der Waals surface area contributed by atoms with Gasteiger partial charge in [-0.1, -0.05) is 20.8 Å². The number of hydrogen-bond acceptors (Lipinski definition) is 4. The number of hydrogen-bond donors (Lipinski definition) is 0. The Morgan fingerprint density at radius 2 is 1.67 bits per heavy atom. The summed E-state index contributed by atoms with van der Waals surface area (Å²) < 4.78 is 12.0. The molecule has 0 radical (unpaired) electrons. The summed E-state index contributed by atoms with van der Waals surface area (Å²) in [6.45, 7) is 16.4. The van der Waals surface area contributed by atoms with E-state index in [2.05, 4.69) is 33.9 Å². The number of nitrogens with zero attached hydrogens (tertiary/aromatic N) is 1. The predicted octanol–water partition coefficient (Wildman–Crippen LogP) is 4.32. The summed E-state index contributed by atoms with van der Waals surface area (Å²) in [6.07, 6.45) is 1.67. The Morgan fingerprint density at radius 1 is 1.12 bits per heavy atom. The molecule has 2 amide bonds. The van der Waals surface area contributed by atoms with E-state index >= 15 is 0 Å². The molecular weight excluding hydrogens is 322 g/mol. The number of ether oxygens (including phenoxy) is 1. The van der Waals surface area contributed by atoms with Crippen LogP contribution in [0.2, 0.25) is 18.1 Å². The third-order valence-corrected chi connectivity index (χ3v) is 9.78. The Bertz CT molecular complexity index is 514. The van der Waals surface area contributed by atoms with Crippen LogP contribution in [-0.4, -0.2) is 43.0 Å². The van der Waals surface area contributed by atoms with E-state index in [0.717, 1.165) is 12.8 Å². The molecule has 0 aromatic heterocycles. The Labute approximate surface area is 147 Å². The topological polar surface area (TPSA) is 55.8 Å². The van der Waals surface area contributed by atoms with Crippen LogP contribution in [0.5, 0.6) is 0 Å². The molecule has 1 saturated carbocycles. The van der Waals surface area contributed by atoms with Gasteiger partial charge in [0.05, 0.1) is 18.6 Å². The minimum Gasteiger partial charge on any atom is -0.443 e. The molecular formula is C18H33NO4Si. The summed E-state index contributed by atoms with van der Waals surface area (Å²) >= 11 is 0. The van der Waals surface area contributed by atoms with Crippen molar-refractivity contribution in [2.45, 2.75) is 96.7 Å². The smallest absolute Gasteiger partial charge is 0.417 e. The van der Waals surface area contributed by atoms with E-state index in [4.69, 9.17) is 9.16 Å². The van der Waals surface area contributed by atoms with Crippen molar-refractivity contribution < 1.29 is 18.8 Å². The summed E-state index contributed by atoms with van der Waals surface area (Å²) in [5, 5.41) is 0.0729. The molecule has 0 aromatic carbocycles. The zero-order chi connectivity index (χ0) is 18.5. The van der Waals surface area contributed by atoms with Gasteiger partial charge < -0.3 is 9.16 Å². The van der Waals surface area contributed by atoms with Crippen molar-refractivity contribution >= 4 is 20.3 Å². The molecule has 6 heteroatoms. The zero-order valence-electron chi connectivity index (χ0n) is 16.4. The summed E-state index contributed by atoms with van der Waals surface area (Å²) in [6, 6.07) is -0.165. The summed E-state index contributed by atoms with van der Waals surface area (Å²) in [5.41, 5.74) is -0.607. The second-order valence-corrected chi connectivity index (χ2v) is 14.4. The first-order valence-corrected chi connectivity index (χ1v) is 11.9. The first-order valence-electron chi connectivity index (χ1n) is 8.96. The number of imide groups is 1. The van der Waals surface area contributed by atoms with Gasteiger partial charge in [0.1, 0.15) is 5.60 Å². The van der Waals surface area contributed by atoms with Crippen molar-refractivity contribution in [3.63, 3.8) is 0 Å². The zero-order valence-corrected chi connectivity index (χ0v) is 17.4. The van der Waals surface area contributed by atoms with Crippen LogP contribution in [0.15, 0.2) is 0 Å². The standard InChI is InChI=1S/C18H33NO4Si/c1-17(2,3)22-16(21)19-14(20)11-13(15(19)12-9-10-12)23-24(7,8)18(4,5)6/h12-13,15H,9-11H2,1-8H3/t13-,15+/m1/s1. The second kappa shape index (κ2) is 6.13. The summed E-state index contributed by atoms with van der Waals surface area (Å²) in [4.78, 5) is 26.5. The number of carbonyl (C=O) groups excluding carboxylic acids is 2. The highest BCUT2D eigenvalue weighted by Gasteiger charge is 2.54. The molecule has 1 aliphatic carbocycles. The first kappa shape index (κ1) is 19.4. The molecule has 0 N–H and O–H groups in total. The van der Waals surface area contributed by atoms with E-state index in [-0.39, 0.29) is 29.5 Å². The lowest BCUT2D eigenvalue weighted by molar-refractivity contribution is -0.128. The molecule has 138 valence electrons. The van der Waals surface area contributed by atoms with Crippen molar-refractivity contribution in [3.05, 3.63) is 0 Å². The first-order chi connectivity index (χ1) is 10.7. The van der Waals surface area contributed by atoms with Gasteiger partial charge in [-0.25, -0.2) is 9.69 Å². The molecule has 0 aromatic rings. The van der Waals surface area contributed by atoms with Crippen LogP contribution >= 0.6 is 0 Å². The highest BCUT2D eigenvalue weighted by atomic mass is 28.4. The largest absolute Gasteiger partial charge is 0.443 e. The Hall–Kier alpha value is -0.883. The molecule has 24 heavy (non-hydrogen) atoms. The highest BCUT2D eigenvalue weighted by molar-refractivity contribution is 6.74. The molecule has 0 bridgehead atoms. The minimum atomic E-state index is -2.00. The van der Waals surface area contributed by atoms with Gasteiger partial charge in [0.2, 0.25) is 5.91 Å². The van der Waals surface area contributed by atoms with Crippen molar-refractivity contribution in [1.29, 1.82) is 0 Å². The lowest BCUT2D eigenvalue weighted by Crippen LogP contribution is -2.50. The maximum atomic E-state index is 12.6. The van der Waals surface area contributed by atoms with Gasteiger partial charge in [-0.2, -0.15) is 0 Å². The van der Waals surface area contributed by atoms with Crippen LogP contribution in [-0.2, 0) is 14.0 Å². The SMILES string of the molecule is CC(C)(C)OC(=O)N1C(=O)C[C@@H](O[Si](C)(C)C(C)(C)C)[C@@H]1C1CC1. The van der Waals surface area contributed by atoms with Crippen LogP contribution in [0.4, 0.5) is 4.79 Å². The fourth-order valence-corrected chi connectivity index (χ4v) is 4.21. The fraction of sp³-hybridized carbons (Fsp3) is 0.889. The molecule has 1 heterocycles. The Morgan fingerprint density at radius 3 is 2.08 bits per heavy atom. The van der Waals surface area contributed by atoms with E-state index in [0.29, 0.717) is 5.92 Å². The molecule has 2 aliphatic rings. The lowest BCUT2D eigenvalue weighted by Gasteiger charge is -2.40. The van der Waals surface area contributed by atoms with Crippen LogP contribution < -0.4 is 0 Å². The van der Waals surface area contributed by atoms with Gasteiger partial charge in [-0.05, 0) is 57.7 Å². The maximum absolute atomic E-state index is 12.6. The van der Waals surface area contributed by atoms with Gasteiger partial charge in [0, 0.05) is 0 Å². The summed E-state index contributed by atoms with van der Waals surface area (Å²) in [5.74, 6) is 0.198. The van der Waals surface area contributed by atoms with E-state index in [1.807, 2.05) is 20.8 Å². The molecule has 0 spiro atoms. The third-order valence-electron chi connectivity index (χ3n) is 5.27. The number of carbonyl (C=O) groups is 2. The van der Waals surface area contributed by atoms with Crippen LogP contribution in [0.3, 0.4) is 0 Å². The van der Waals surface area contributed by atoms with Crippen molar-refractivity contribution in [1.82, 2.24) is 4.90 Å². The predicted molar refractivity (Wildman–Crippen MR) is 96.3 cm³/mol.